The van der Waals surface area contributed by atoms with Crippen LogP contribution in [-0.4, -0.2) is 3.25 Å². The Bertz CT molecular complexity index is 656. The van der Waals surface area contributed by atoms with Crippen molar-refractivity contribution in [3.8, 4) is 0 Å². The SMILES string of the molecule is Cc1ccc(N)cc1C.ClC(Cl)(Cl)Cl.Nc1ccc(CBr)c(CBr)c1. The summed E-state index contributed by atoms with van der Waals surface area (Å²) in [5.74, 6) is 0. The minimum Gasteiger partial charge on any atom is -0.399 e. The van der Waals surface area contributed by atoms with Gasteiger partial charge in [-0.1, -0.05) is 90.4 Å². The molecule has 0 radical (unpaired) electrons. The third-order valence-corrected chi connectivity index (χ3v) is 4.26. The first-order valence-corrected chi connectivity index (χ1v) is 10.8. The van der Waals surface area contributed by atoms with Crippen molar-refractivity contribution in [2.24, 2.45) is 0 Å². The van der Waals surface area contributed by atoms with E-state index in [4.69, 9.17) is 57.9 Å². The van der Waals surface area contributed by atoms with E-state index in [9.17, 15) is 0 Å². The van der Waals surface area contributed by atoms with Crippen LogP contribution in [0.3, 0.4) is 0 Å². The van der Waals surface area contributed by atoms with E-state index in [1.165, 1.54) is 22.3 Å². The number of rotatable bonds is 2. The van der Waals surface area contributed by atoms with Gasteiger partial charge in [-0.25, -0.2) is 0 Å². The van der Waals surface area contributed by atoms with Crippen molar-refractivity contribution < 1.29 is 0 Å². The molecule has 0 amide bonds. The van der Waals surface area contributed by atoms with Gasteiger partial charge in [0.05, 0.1) is 0 Å². The van der Waals surface area contributed by atoms with E-state index in [0.29, 0.717) is 0 Å². The predicted octanol–water partition coefficient (Wildman–Crippen LogP) is 7.50. The lowest BCUT2D eigenvalue weighted by atomic mass is 10.1. The molecular weight excluding hydrogens is 534 g/mol. The van der Waals surface area contributed by atoms with E-state index in [1.807, 2.05) is 36.4 Å². The fourth-order valence-corrected chi connectivity index (χ4v) is 2.73. The summed E-state index contributed by atoms with van der Waals surface area (Å²) in [7, 11) is 0. The van der Waals surface area contributed by atoms with Gasteiger partial charge >= 0.3 is 0 Å². The van der Waals surface area contributed by atoms with E-state index in [1.54, 1.807) is 0 Å². The zero-order valence-corrected chi connectivity index (χ0v) is 20.0. The molecule has 2 nitrogen and oxygen atoms in total. The van der Waals surface area contributed by atoms with Gasteiger partial charge < -0.3 is 11.5 Å². The number of nitrogens with two attached hydrogens (primary N) is 2. The highest BCUT2D eigenvalue weighted by atomic mass is 79.9. The lowest BCUT2D eigenvalue weighted by Gasteiger charge is -2.03. The number of anilines is 2. The van der Waals surface area contributed by atoms with Crippen LogP contribution in [0.15, 0.2) is 36.4 Å². The molecule has 0 saturated carbocycles. The molecule has 4 N–H and O–H groups in total. The molecule has 0 aliphatic rings. The first-order valence-electron chi connectivity index (χ1n) is 7.05. The lowest BCUT2D eigenvalue weighted by molar-refractivity contribution is 1.30. The summed E-state index contributed by atoms with van der Waals surface area (Å²) >= 11 is 26.1. The monoisotopic (exact) mass is 550 g/mol. The maximum Gasteiger partial charge on any atom is 0.266 e. The first-order chi connectivity index (χ1) is 11.5. The van der Waals surface area contributed by atoms with Crippen LogP contribution in [-0.2, 0) is 10.7 Å². The summed E-state index contributed by atoms with van der Waals surface area (Å²) in [5, 5.41) is 1.74. The van der Waals surface area contributed by atoms with Gasteiger partial charge in [0.1, 0.15) is 0 Å². The number of aryl methyl sites for hydroxylation is 2. The van der Waals surface area contributed by atoms with E-state index < -0.39 is 3.25 Å². The van der Waals surface area contributed by atoms with Crippen molar-refractivity contribution in [2.45, 2.75) is 27.8 Å². The third-order valence-electron chi connectivity index (χ3n) is 3.05. The van der Waals surface area contributed by atoms with Crippen LogP contribution in [0.25, 0.3) is 0 Å². The number of hydrogen-bond donors (Lipinski definition) is 2. The average Bonchev–Trinajstić information content (AvgIpc) is 2.50. The van der Waals surface area contributed by atoms with Crippen molar-refractivity contribution in [3.05, 3.63) is 58.7 Å². The zero-order valence-electron chi connectivity index (χ0n) is 13.8. The van der Waals surface area contributed by atoms with Crippen LogP contribution < -0.4 is 11.5 Å². The highest BCUT2D eigenvalue weighted by molar-refractivity contribution is 9.09. The van der Waals surface area contributed by atoms with Crippen molar-refractivity contribution in [3.63, 3.8) is 0 Å². The van der Waals surface area contributed by atoms with E-state index in [2.05, 4.69) is 45.7 Å². The Balaban J connectivity index is 0.000000372. The van der Waals surface area contributed by atoms with Crippen LogP contribution in [0, 0.1) is 13.8 Å². The molecule has 2 aromatic carbocycles. The molecule has 25 heavy (non-hydrogen) atoms. The van der Waals surface area contributed by atoms with Gasteiger partial charge in [-0.2, -0.15) is 0 Å². The molecule has 0 unspecified atom stereocenters. The second-order valence-electron chi connectivity index (χ2n) is 5.07. The highest BCUT2D eigenvalue weighted by Crippen LogP contribution is 2.29. The second-order valence-corrected chi connectivity index (χ2v) is 9.62. The summed E-state index contributed by atoms with van der Waals surface area (Å²) in [4.78, 5) is 0. The molecule has 0 fully saturated rings. The smallest absolute Gasteiger partial charge is 0.266 e. The quantitative estimate of drug-likeness (QED) is 0.299. The standard InChI is InChI=1S/C8H9Br2N.C8H11N.CCl4/c9-4-6-1-2-8(11)3-7(6)5-10;1-6-3-4-8(9)5-7(6)2;2-1(3,4)5/h1-3H,4-5,11H2;3-5H,9H2,1-2H3;. The van der Waals surface area contributed by atoms with E-state index in [-0.39, 0.29) is 0 Å². The molecule has 8 heteroatoms. The van der Waals surface area contributed by atoms with Gasteiger partial charge in [0, 0.05) is 22.0 Å². The summed E-state index contributed by atoms with van der Waals surface area (Å²) in [6, 6.07) is 11.9. The zero-order chi connectivity index (χ0) is 19.6. The number of nitrogen functional groups attached to an aromatic ring is 2. The minimum absolute atomic E-state index is 0.823. The Morgan fingerprint density at radius 2 is 1.20 bits per heavy atom. The van der Waals surface area contributed by atoms with E-state index in [0.717, 1.165) is 22.0 Å². The molecular formula is C17H20Br2Cl4N2. The minimum atomic E-state index is -1.61. The Labute approximate surface area is 186 Å². The highest BCUT2D eigenvalue weighted by Gasteiger charge is 2.11. The van der Waals surface area contributed by atoms with Gasteiger partial charge in [-0.05, 0) is 60.4 Å². The number of hydrogen-bond acceptors (Lipinski definition) is 2. The number of halogens is 6. The predicted molar refractivity (Wildman–Crippen MR) is 123 cm³/mol. The molecule has 0 aliphatic heterocycles. The summed E-state index contributed by atoms with van der Waals surface area (Å²) in [6.45, 7) is 4.14. The van der Waals surface area contributed by atoms with Crippen molar-refractivity contribution in [2.75, 3.05) is 11.5 Å². The summed E-state index contributed by atoms with van der Waals surface area (Å²) in [5.41, 5.74) is 17.9. The van der Waals surface area contributed by atoms with Gasteiger partial charge in [-0.3, -0.25) is 0 Å². The Morgan fingerprint density at radius 3 is 1.60 bits per heavy atom. The maximum absolute atomic E-state index is 5.62. The molecule has 0 bridgehead atoms. The maximum atomic E-state index is 5.62. The van der Waals surface area contributed by atoms with Crippen LogP contribution in [0.1, 0.15) is 22.3 Å². The first kappa shape index (κ1) is 25.2. The molecule has 0 atom stereocenters. The second kappa shape index (κ2) is 12.5. The molecule has 0 spiro atoms. The average molecular weight is 554 g/mol. The normalized spacial score (nSPS) is 10.2. The Kier molecular flexibility index (Phi) is 12.6. The lowest BCUT2D eigenvalue weighted by Crippen LogP contribution is -1.91. The van der Waals surface area contributed by atoms with Gasteiger partial charge in [0.2, 0.25) is 0 Å². The molecule has 0 aliphatic carbocycles. The Hall–Kier alpha value is 0.160. The van der Waals surface area contributed by atoms with Crippen molar-refractivity contribution in [1.82, 2.24) is 0 Å². The molecule has 2 aromatic rings. The number of alkyl halides is 6. The topological polar surface area (TPSA) is 52.0 Å². The largest absolute Gasteiger partial charge is 0.399 e. The van der Waals surface area contributed by atoms with Crippen molar-refractivity contribution >= 4 is 89.6 Å². The fourth-order valence-electron chi connectivity index (χ4n) is 1.67. The van der Waals surface area contributed by atoms with Gasteiger partial charge in [-0.15, -0.1) is 0 Å². The Morgan fingerprint density at radius 1 is 0.760 bits per heavy atom. The molecule has 0 heterocycles. The molecule has 0 saturated heterocycles. The van der Waals surface area contributed by atoms with Gasteiger partial charge in [0.25, 0.3) is 3.25 Å². The van der Waals surface area contributed by atoms with Crippen LogP contribution >= 0.6 is 78.3 Å². The molecule has 140 valence electrons. The van der Waals surface area contributed by atoms with Crippen LogP contribution in [0.5, 0.6) is 0 Å². The molecule has 0 aromatic heterocycles. The van der Waals surface area contributed by atoms with Crippen LogP contribution in [0.4, 0.5) is 11.4 Å². The van der Waals surface area contributed by atoms with Crippen molar-refractivity contribution in [1.29, 1.82) is 0 Å². The van der Waals surface area contributed by atoms with Crippen LogP contribution in [0.2, 0.25) is 0 Å². The summed E-state index contributed by atoms with van der Waals surface area (Å²) in [6.07, 6.45) is 0. The van der Waals surface area contributed by atoms with Gasteiger partial charge in [0.15, 0.2) is 0 Å². The third kappa shape index (κ3) is 13.0. The van der Waals surface area contributed by atoms with E-state index >= 15 is 0 Å². The number of benzene rings is 2. The fraction of sp³-hybridized carbons (Fsp3) is 0.294. The molecule has 2 rings (SSSR count). The summed E-state index contributed by atoms with van der Waals surface area (Å²) < 4.78 is -1.61.